The number of carbonyl (C=O) groups is 1. The molecule has 0 aromatic heterocycles. The molecule has 0 aromatic rings. The molecule has 0 amide bonds. The number of carbonyl (C=O) groups excluding carboxylic acids is 2. The first kappa shape index (κ1) is 11.6. The summed E-state index contributed by atoms with van der Waals surface area (Å²) in [5.41, 5.74) is 0.284. The van der Waals surface area contributed by atoms with Gasteiger partial charge in [-0.15, -0.1) is 0 Å². The van der Waals surface area contributed by atoms with Gasteiger partial charge in [-0.1, -0.05) is 20.4 Å². The molecule has 13 heavy (non-hydrogen) atoms. The Balaban J connectivity index is 4.35. The molecule has 1 unspecified atom stereocenters. The van der Waals surface area contributed by atoms with Crippen molar-refractivity contribution in [3.63, 3.8) is 0 Å². The van der Waals surface area contributed by atoms with Crippen molar-refractivity contribution < 1.29 is 14.3 Å². The van der Waals surface area contributed by atoms with Crippen LogP contribution in [-0.4, -0.2) is 18.3 Å². The maximum atomic E-state index is 11.0. The van der Waals surface area contributed by atoms with E-state index in [1.165, 1.54) is 13.0 Å². The van der Waals surface area contributed by atoms with Crippen LogP contribution >= 0.6 is 0 Å². The summed E-state index contributed by atoms with van der Waals surface area (Å²) in [6.45, 7) is 8.52. The second-order valence-electron chi connectivity index (χ2n) is 3.04. The number of isocyanates is 1. The maximum absolute atomic E-state index is 11.0. The lowest BCUT2D eigenvalue weighted by molar-refractivity contribution is -0.145. The Kier molecular flexibility index (Phi) is 4.70. The first-order chi connectivity index (χ1) is 5.99. The van der Waals surface area contributed by atoms with E-state index in [0.29, 0.717) is 0 Å². The van der Waals surface area contributed by atoms with Crippen molar-refractivity contribution >= 4 is 12.0 Å². The van der Waals surface area contributed by atoms with Gasteiger partial charge in [0.15, 0.2) is 0 Å². The van der Waals surface area contributed by atoms with Gasteiger partial charge < -0.3 is 4.74 Å². The third kappa shape index (κ3) is 4.23. The molecular formula is C9H13NO3. The van der Waals surface area contributed by atoms with Crippen molar-refractivity contribution in [2.45, 2.75) is 27.0 Å². The summed E-state index contributed by atoms with van der Waals surface area (Å²) in [5.74, 6) is -0.595. The predicted molar refractivity (Wildman–Crippen MR) is 47.7 cm³/mol. The second kappa shape index (κ2) is 5.27. The minimum absolute atomic E-state index is 0.0512. The fourth-order valence-electron chi connectivity index (χ4n) is 0.574. The molecule has 4 heteroatoms. The van der Waals surface area contributed by atoms with Crippen LogP contribution in [0.5, 0.6) is 0 Å². The van der Waals surface area contributed by atoms with Gasteiger partial charge in [-0.3, -0.25) is 0 Å². The lowest BCUT2D eigenvalue weighted by Crippen LogP contribution is -2.21. The SMILES string of the molecule is C=C(C)C(=O)OC(N=C=O)C(C)C. The van der Waals surface area contributed by atoms with Gasteiger partial charge in [0.2, 0.25) is 12.3 Å². The summed E-state index contributed by atoms with van der Waals surface area (Å²) >= 11 is 0. The monoisotopic (exact) mass is 183 g/mol. The first-order valence-electron chi connectivity index (χ1n) is 3.92. The quantitative estimate of drug-likeness (QED) is 0.286. The normalized spacial score (nSPS) is 11.7. The first-order valence-corrected chi connectivity index (χ1v) is 3.92. The summed E-state index contributed by atoms with van der Waals surface area (Å²) in [5, 5.41) is 0. The smallest absolute Gasteiger partial charge is 0.335 e. The van der Waals surface area contributed by atoms with Crippen LogP contribution in [-0.2, 0) is 14.3 Å². The molecule has 0 bridgehead atoms. The molecule has 0 heterocycles. The molecule has 4 nitrogen and oxygen atoms in total. The number of ether oxygens (including phenoxy) is 1. The van der Waals surface area contributed by atoms with Crippen molar-refractivity contribution in [3.8, 4) is 0 Å². The highest BCUT2D eigenvalue weighted by molar-refractivity contribution is 5.87. The van der Waals surface area contributed by atoms with Gasteiger partial charge in [-0.05, 0) is 6.92 Å². The number of hydrogen-bond donors (Lipinski definition) is 0. The molecule has 0 aliphatic carbocycles. The number of aliphatic imine (C=N–C) groups is 1. The molecule has 0 saturated heterocycles. The van der Waals surface area contributed by atoms with Crippen LogP contribution in [0.4, 0.5) is 0 Å². The second-order valence-corrected chi connectivity index (χ2v) is 3.04. The summed E-state index contributed by atoms with van der Waals surface area (Å²) in [6, 6.07) is 0. The third-order valence-corrected chi connectivity index (χ3v) is 1.33. The van der Waals surface area contributed by atoms with Gasteiger partial charge in [0.1, 0.15) is 0 Å². The fraction of sp³-hybridized carbons (Fsp3) is 0.556. The van der Waals surface area contributed by atoms with Crippen LogP contribution in [0, 0.1) is 5.92 Å². The summed E-state index contributed by atoms with van der Waals surface area (Å²) in [4.78, 5) is 24.3. The lowest BCUT2D eigenvalue weighted by atomic mass is 10.2. The Morgan fingerprint density at radius 1 is 1.54 bits per heavy atom. The Bertz CT molecular complexity index is 252. The summed E-state index contributed by atoms with van der Waals surface area (Å²) in [6.07, 6.45) is 0.599. The molecule has 72 valence electrons. The molecule has 0 spiro atoms. The molecule has 0 radical (unpaired) electrons. The topological polar surface area (TPSA) is 55.7 Å². The van der Waals surface area contributed by atoms with E-state index in [-0.39, 0.29) is 11.5 Å². The van der Waals surface area contributed by atoms with Gasteiger partial charge in [-0.25, -0.2) is 9.59 Å². The van der Waals surface area contributed by atoms with Crippen molar-refractivity contribution in [2.24, 2.45) is 10.9 Å². The van der Waals surface area contributed by atoms with E-state index in [9.17, 15) is 9.59 Å². The Labute approximate surface area is 77.3 Å². The van der Waals surface area contributed by atoms with Crippen molar-refractivity contribution in [1.82, 2.24) is 0 Å². The van der Waals surface area contributed by atoms with E-state index >= 15 is 0 Å². The average molecular weight is 183 g/mol. The van der Waals surface area contributed by atoms with Crippen molar-refractivity contribution in [3.05, 3.63) is 12.2 Å². The van der Waals surface area contributed by atoms with E-state index in [1.54, 1.807) is 13.8 Å². The van der Waals surface area contributed by atoms with Crippen LogP contribution in [0.1, 0.15) is 20.8 Å². The molecule has 0 rings (SSSR count). The van der Waals surface area contributed by atoms with Gasteiger partial charge in [0.25, 0.3) is 0 Å². The molecule has 0 fully saturated rings. The van der Waals surface area contributed by atoms with E-state index in [0.717, 1.165) is 0 Å². The molecule has 0 saturated carbocycles. The Morgan fingerprint density at radius 3 is 2.38 bits per heavy atom. The van der Waals surface area contributed by atoms with E-state index in [4.69, 9.17) is 4.74 Å². The van der Waals surface area contributed by atoms with Gasteiger partial charge >= 0.3 is 5.97 Å². The largest absolute Gasteiger partial charge is 0.435 e. The number of rotatable bonds is 4. The number of hydrogen-bond acceptors (Lipinski definition) is 4. The van der Waals surface area contributed by atoms with Crippen molar-refractivity contribution in [1.29, 1.82) is 0 Å². The molecule has 0 N–H and O–H groups in total. The van der Waals surface area contributed by atoms with Crippen LogP contribution in [0.3, 0.4) is 0 Å². The maximum Gasteiger partial charge on any atom is 0.335 e. The fourth-order valence-corrected chi connectivity index (χ4v) is 0.574. The van der Waals surface area contributed by atoms with E-state index in [2.05, 4.69) is 11.6 Å². The zero-order chi connectivity index (χ0) is 10.4. The summed E-state index contributed by atoms with van der Waals surface area (Å²) in [7, 11) is 0. The highest BCUT2D eigenvalue weighted by Crippen LogP contribution is 2.09. The highest BCUT2D eigenvalue weighted by Gasteiger charge is 2.17. The Morgan fingerprint density at radius 2 is 2.08 bits per heavy atom. The predicted octanol–water partition coefficient (Wildman–Crippen LogP) is 1.42. The Hall–Kier alpha value is -1.41. The zero-order valence-electron chi connectivity index (χ0n) is 8.03. The molecule has 1 atom stereocenters. The van der Waals surface area contributed by atoms with Crippen LogP contribution in [0.15, 0.2) is 17.1 Å². The zero-order valence-corrected chi connectivity index (χ0v) is 8.03. The summed E-state index contributed by atoms with van der Waals surface area (Å²) < 4.78 is 4.85. The van der Waals surface area contributed by atoms with Crippen LogP contribution < -0.4 is 0 Å². The molecule has 0 aliphatic heterocycles. The minimum atomic E-state index is -0.762. The third-order valence-electron chi connectivity index (χ3n) is 1.33. The van der Waals surface area contributed by atoms with Gasteiger partial charge in [0, 0.05) is 11.5 Å². The van der Waals surface area contributed by atoms with Gasteiger partial charge in [-0.2, -0.15) is 4.99 Å². The van der Waals surface area contributed by atoms with Gasteiger partial charge in [0.05, 0.1) is 0 Å². The number of nitrogens with zero attached hydrogens (tertiary/aromatic N) is 1. The standard InChI is InChI=1S/C9H13NO3/c1-6(2)8(10-5-11)13-9(12)7(3)4/h6,8H,3H2,1-2,4H3. The van der Waals surface area contributed by atoms with E-state index < -0.39 is 12.2 Å². The number of esters is 1. The van der Waals surface area contributed by atoms with Crippen LogP contribution in [0.25, 0.3) is 0 Å². The molecule has 0 aromatic carbocycles. The minimum Gasteiger partial charge on any atom is -0.435 e. The average Bonchev–Trinajstić information content (AvgIpc) is 2.03. The molecular weight excluding hydrogens is 170 g/mol. The lowest BCUT2D eigenvalue weighted by Gasteiger charge is -2.14. The van der Waals surface area contributed by atoms with Crippen LogP contribution in [0.2, 0.25) is 0 Å². The highest BCUT2D eigenvalue weighted by atomic mass is 16.6. The van der Waals surface area contributed by atoms with Crippen molar-refractivity contribution in [2.75, 3.05) is 0 Å². The van der Waals surface area contributed by atoms with E-state index in [1.807, 2.05) is 0 Å². The molecule has 0 aliphatic rings.